The van der Waals surface area contributed by atoms with Gasteiger partial charge in [0, 0.05) is 0 Å². The van der Waals surface area contributed by atoms with E-state index in [1.54, 1.807) is 6.92 Å². The van der Waals surface area contributed by atoms with E-state index in [0.29, 0.717) is 5.71 Å². The average Bonchev–Trinajstić information content (AvgIpc) is 2.15. The average molecular weight is 191 g/mol. The van der Waals surface area contributed by atoms with E-state index in [1.165, 1.54) is 5.56 Å². The summed E-state index contributed by atoms with van der Waals surface area (Å²) in [5, 5.41) is 11.9. The summed E-state index contributed by atoms with van der Waals surface area (Å²) in [6, 6.07) is 8.10. The topological polar surface area (TPSA) is 32.6 Å². The number of hydrogen-bond donors (Lipinski definition) is 1. The first kappa shape index (κ1) is 10.8. The second kappa shape index (κ2) is 3.82. The van der Waals surface area contributed by atoms with Crippen LogP contribution in [0.2, 0.25) is 0 Å². The minimum absolute atomic E-state index is 0.131. The summed E-state index contributed by atoms with van der Waals surface area (Å²) in [5.41, 5.74) is 3.00. The predicted molar refractivity (Wildman–Crippen MR) is 59.1 cm³/mol. The third-order valence-corrected chi connectivity index (χ3v) is 2.30. The fourth-order valence-corrected chi connectivity index (χ4v) is 1.27. The van der Waals surface area contributed by atoms with Crippen molar-refractivity contribution >= 4 is 5.71 Å². The largest absolute Gasteiger partial charge is 0.411 e. The van der Waals surface area contributed by atoms with Crippen LogP contribution in [0.3, 0.4) is 0 Å². The molecule has 0 aliphatic rings. The van der Waals surface area contributed by atoms with Gasteiger partial charge in [-0.05, 0) is 29.5 Å². The van der Waals surface area contributed by atoms with Crippen molar-refractivity contribution in [2.75, 3.05) is 0 Å². The van der Waals surface area contributed by atoms with Gasteiger partial charge in [-0.25, -0.2) is 0 Å². The highest BCUT2D eigenvalue weighted by Gasteiger charge is 2.13. The van der Waals surface area contributed by atoms with Gasteiger partial charge in [-0.15, -0.1) is 0 Å². The normalized spacial score (nSPS) is 13.0. The van der Waals surface area contributed by atoms with E-state index >= 15 is 0 Å². The number of nitrogens with zero attached hydrogens (tertiary/aromatic N) is 1. The van der Waals surface area contributed by atoms with Gasteiger partial charge in [0.1, 0.15) is 0 Å². The zero-order valence-electron chi connectivity index (χ0n) is 9.20. The van der Waals surface area contributed by atoms with Crippen LogP contribution in [-0.2, 0) is 5.41 Å². The number of benzene rings is 1. The van der Waals surface area contributed by atoms with Gasteiger partial charge < -0.3 is 5.21 Å². The molecule has 0 spiro atoms. The molecule has 0 saturated heterocycles. The minimum atomic E-state index is 0.131. The maximum atomic E-state index is 8.67. The van der Waals surface area contributed by atoms with Crippen LogP contribution in [0.1, 0.15) is 38.8 Å². The SMILES string of the molecule is C/C(=N/O)c1cccc(C(C)(C)C)c1. The summed E-state index contributed by atoms with van der Waals surface area (Å²) >= 11 is 0. The molecule has 0 aromatic heterocycles. The van der Waals surface area contributed by atoms with Crippen LogP contribution in [0, 0.1) is 0 Å². The molecule has 1 rings (SSSR count). The van der Waals surface area contributed by atoms with Gasteiger partial charge in [-0.1, -0.05) is 44.1 Å². The van der Waals surface area contributed by atoms with Gasteiger partial charge in [0.25, 0.3) is 0 Å². The Hall–Kier alpha value is -1.31. The lowest BCUT2D eigenvalue weighted by Crippen LogP contribution is -2.11. The summed E-state index contributed by atoms with van der Waals surface area (Å²) < 4.78 is 0. The van der Waals surface area contributed by atoms with E-state index in [-0.39, 0.29) is 5.41 Å². The van der Waals surface area contributed by atoms with Crippen LogP contribution in [0.15, 0.2) is 29.4 Å². The van der Waals surface area contributed by atoms with Gasteiger partial charge in [0.15, 0.2) is 0 Å². The van der Waals surface area contributed by atoms with Gasteiger partial charge >= 0.3 is 0 Å². The van der Waals surface area contributed by atoms with Crippen LogP contribution in [0.5, 0.6) is 0 Å². The van der Waals surface area contributed by atoms with Crippen LogP contribution >= 0.6 is 0 Å². The second-order valence-electron chi connectivity index (χ2n) is 4.52. The molecule has 76 valence electrons. The smallest absolute Gasteiger partial charge is 0.0837 e. The molecule has 2 nitrogen and oxygen atoms in total. The molecule has 0 fully saturated rings. The van der Waals surface area contributed by atoms with Crippen molar-refractivity contribution in [2.24, 2.45) is 5.16 Å². The van der Waals surface area contributed by atoms with Gasteiger partial charge in [-0.3, -0.25) is 0 Å². The van der Waals surface area contributed by atoms with Crippen LogP contribution < -0.4 is 0 Å². The Morgan fingerprint density at radius 2 is 1.93 bits per heavy atom. The number of hydrogen-bond acceptors (Lipinski definition) is 2. The molecule has 0 heterocycles. The predicted octanol–water partition coefficient (Wildman–Crippen LogP) is 3.18. The van der Waals surface area contributed by atoms with Crippen molar-refractivity contribution in [3.8, 4) is 0 Å². The van der Waals surface area contributed by atoms with Gasteiger partial charge in [0.2, 0.25) is 0 Å². The Morgan fingerprint density at radius 1 is 1.29 bits per heavy atom. The summed E-state index contributed by atoms with van der Waals surface area (Å²) in [6.45, 7) is 8.29. The van der Waals surface area contributed by atoms with Crippen molar-refractivity contribution in [2.45, 2.75) is 33.1 Å². The molecule has 0 unspecified atom stereocenters. The van der Waals surface area contributed by atoms with E-state index in [0.717, 1.165) is 5.56 Å². The molecule has 0 bridgehead atoms. The molecule has 0 amide bonds. The lowest BCUT2D eigenvalue weighted by atomic mass is 9.86. The Morgan fingerprint density at radius 3 is 2.43 bits per heavy atom. The van der Waals surface area contributed by atoms with Crippen molar-refractivity contribution in [3.63, 3.8) is 0 Å². The molecule has 1 aromatic carbocycles. The van der Waals surface area contributed by atoms with Crippen LogP contribution in [0.4, 0.5) is 0 Å². The van der Waals surface area contributed by atoms with E-state index in [4.69, 9.17) is 5.21 Å². The third kappa shape index (κ3) is 2.34. The Labute approximate surface area is 85.3 Å². The third-order valence-electron chi connectivity index (χ3n) is 2.30. The maximum Gasteiger partial charge on any atom is 0.0837 e. The molecule has 14 heavy (non-hydrogen) atoms. The zero-order chi connectivity index (χ0) is 10.8. The lowest BCUT2D eigenvalue weighted by molar-refractivity contribution is 0.319. The fourth-order valence-electron chi connectivity index (χ4n) is 1.27. The lowest BCUT2D eigenvalue weighted by Gasteiger charge is -2.19. The summed E-state index contributed by atoms with van der Waals surface area (Å²) in [4.78, 5) is 0. The summed E-state index contributed by atoms with van der Waals surface area (Å²) in [6.07, 6.45) is 0. The summed E-state index contributed by atoms with van der Waals surface area (Å²) in [7, 11) is 0. The molecular formula is C12H17NO. The zero-order valence-corrected chi connectivity index (χ0v) is 9.20. The van der Waals surface area contributed by atoms with E-state index in [9.17, 15) is 0 Å². The Kier molecular flexibility index (Phi) is 2.94. The highest BCUT2D eigenvalue weighted by molar-refractivity contribution is 5.98. The van der Waals surface area contributed by atoms with Gasteiger partial charge in [-0.2, -0.15) is 0 Å². The molecule has 0 saturated carbocycles. The Balaban J connectivity index is 3.14. The molecular weight excluding hydrogens is 174 g/mol. The summed E-state index contributed by atoms with van der Waals surface area (Å²) in [5.74, 6) is 0. The quantitative estimate of drug-likeness (QED) is 0.412. The molecule has 0 aliphatic heterocycles. The van der Waals surface area contributed by atoms with E-state index in [2.05, 4.69) is 38.1 Å². The van der Waals surface area contributed by atoms with Crippen LogP contribution in [0.25, 0.3) is 0 Å². The van der Waals surface area contributed by atoms with Crippen molar-refractivity contribution in [3.05, 3.63) is 35.4 Å². The standard InChI is InChI=1S/C12H17NO/c1-9(13-14)10-6-5-7-11(8-10)12(2,3)4/h5-8,14H,1-4H3/b13-9-. The first-order valence-corrected chi connectivity index (χ1v) is 4.74. The minimum Gasteiger partial charge on any atom is -0.411 e. The number of rotatable bonds is 1. The molecule has 1 N–H and O–H groups in total. The maximum absolute atomic E-state index is 8.67. The first-order valence-electron chi connectivity index (χ1n) is 4.74. The van der Waals surface area contributed by atoms with Gasteiger partial charge in [0.05, 0.1) is 5.71 Å². The Bertz CT molecular complexity index is 348. The molecule has 1 aromatic rings. The van der Waals surface area contributed by atoms with E-state index in [1.807, 2.05) is 12.1 Å². The molecule has 0 radical (unpaired) electrons. The monoisotopic (exact) mass is 191 g/mol. The number of oxime groups is 1. The molecule has 0 atom stereocenters. The molecule has 2 heteroatoms. The fraction of sp³-hybridized carbons (Fsp3) is 0.417. The van der Waals surface area contributed by atoms with E-state index < -0.39 is 0 Å². The van der Waals surface area contributed by atoms with Crippen molar-refractivity contribution < 1.29 is 5.21 Å². The van der Waals surface area contributed by atoms with Crippen molar-refractivity contribution in [1.29, 1.82) is 0 Å². The highest BCUT2D eigenvalue weighted by Crippen LogP contribution is 2.22. The molecule has 0 aliphatic carbocycles. The first-order chi connectivity index (χ1) is 6.45. The second-order valence-corrected chi connectivity index (χ2v) is 4.52. The van der Waals surface area contributed by atoms with Crippen LogP contribution in [-0.4, -0.2) is 10.9 Å². The highest BCUT2D eigenvalue weighted by atomic mass is 16.4. The van der Waals surface area contributed by atoms with Crippen molar-refractivity contribution in [1.82, 2.24) is 0 Å².